The van der Waals surface area contributed by atoms with E-state index in [1.54, 1.807) is 24.3 Å². The molecule has 1 heterocycles. The zero-order valence-electron chi connectivity index (χ0n) is 15.3. The summed E-state index contributed by atoms with van der Waals surface area (Å²) < 4.78 is 4.91. The first-order chi connectivity index (χ1) is 13.5. The van der Waals surface area contributed by atoms with Gasteiger partial charge in [-0.2, -0.15) is 5.26 Å². The third-order valence-electron chi connectivity index (χ3n) is 5.10. The molecule has 8 nitrogen and oxygen atoms in total. The number of rotatable bonds is 6. The molecule has 0 aromatic heterocycles. The van der Waals surface area contributed by atoms with Crippen molar-refractivity contribution in [1.82, 2.24) is 4.90 Å². The van der Waals surface area contributed by atoms with Crippen molar-refractivity contribution in [2.75, 3.05) is 18.5 Å². The number of carbonyl (C=O) groups excluding carboxylic acids is 4. The normalized spacial score (nSPS) is 21.0. The second-order valence-corrected chi connectivity index (χ2v) is 7.00. The Bertz CT molecular complexity index is 803. The summed E-state index contributed by atoms with van der Waals surface area (Å²) in [4.78, 5) is 49.5. The van der Waals surface area contributed by atoms with Crippen molar-refractivity contribution in [2.45, 2.75) is 32.1 Å². The van der Waals surface area contributed by atoms with Crippen LogP contribution in [0.5, 0.6) is 0 Å². The highest BCUT2D eigenvalue weighted by Crippen LogP contribution is 2.37. The molecule has 1 saturated heterocycles. The highest BCUT2D eigenvalue weighted by Gasteiger charge is 2.48. The molecule has 1 aromatic carbocycles. The highest BCUT2D eigenvalue weighted by molar-refractivity contribution is 6.07. The van der Waals surface area contributed by atoms with Crippen molar-refractivity contribution >= 4 is 29.4 Å². The van der Waals surface area contributed by atoms with E-state index in [0.717, 1.165) is 23.3 Å². The number of ether oxygens (including phenoxy) is 1. The molecule has 2 fully saturated rings. The van der Waals surface area contributed by atoms with Crippen LogP contribution in [0.15, 0.2) is 24.3 Å². The number of imide groups is 1. The quantitative estimate of drug-likeness (QED) is 0.586. The predicted molar refractivity (Wildman–Crippen MR) is 97.5 cm³/mol. The number of benzene rings is 1. The van der Waals surface area contributed by atoms with E-state index in [9.17, 15) is 19.2 Å². The average molecular weight is 383 g/mol. The molecule has 3 rings (SSSR count). The smallest absolute Gasteiger partial charge is 0.326 e. The molecule has 1 aliphatic heterocycles. The summed E-state index contributed by atoms with van der Waals surface area (Å²) in [5.41, 5.74) is 1.34. The minimum Gasteiger partial charge on any atom is -0.454 e. The van der Waals surface area contributed by atoms with Gasteiger partial charge in [-0.25, -0.2) is 0 Å². The molecule has 2 aliphatic rings. The topological polar surface area (TPSA) is 117 Å². The standard InChI is InChI=1S/C20H21N3O5/c21-10-9-13-5-7-14(8-6-13)22-17(24)12-28-18(25)11-23-19(26)15-3-1-2-4-16(15)20(23)27/h5-8,15-16H,1-4,9,11-12H2,(H,22,24)/t15-,16-/m1/s1. The van der Waals surface area contributed by atoms with E-state index in [1.807, 2.05) is 6.07 Å². The molecule has 28 heavy (non-hydrogen) atoms. The molecule has 0 spiro atoms. The molecule has 146 valence electrons. The van der Waals surface area contributed by atoms with Crippen LogP contribution in [0, 0.1) is 23.2 Å². The lowest BCUT2D eigenvalue weighted by Crippen LogP contribution is -2.37. The molecular formula is C20H21N3O5. The summed E-state index contributed by atoms with van der Waals surface area (Å²) in [5, 5.41) is 11.2. The Morgan fingerprint density at radius 2 is 1.71 bits per heavy atom. The van der Waals surface area contributed by atoms with Gasteiger partial charge in [-0.15, -0.1) is 0 Å². The maximum atomic E-state index is 12.3. The van der Waals surface area contributed by atoms with Crippen LogP contribution in [0.25, 0.3) is 0 Å². The van der Waals surface area contributed by atoms with Gasteiger partial charge in [0.15, 0.2) is 6.61 Å². The van der Waals surface area contributed by atoms with Crippen LogP contribution >= 0.6 is 0 Å². The lowest BCUT2D eigenvalue weighted by Gasteiger charge is -2.19. The fourth-order valence-electron chi connectivity index (χ4n) is 3.70. The number of carbonyl (C=O) groups is 4. The molecule has 1 aliphatic carbocycles. The lowest BCUT2D eigenvalue weighted by molar-refractivity contribution is -0.154. The maximum absolute atomic E-state index is 12.3. The van der Waals surface area contributed by atoms with E-state index in [4.69, 9.17) is 10.00 Å². The largest absolute Gasteiger partial charge is 0.454 e. The van der Waals surface area contributed by atoms with Crippen molar-refractivity contribution in [3.63, 3.8) is 0 Å². The molecule has 1 saturated carbocycles. The fourth-order valence-corrected chi connectivity index (χ4v) is 3.70. The van der Waals surface area contributed by atoms with Crippen LogP contribution in [0.2, 0.25) is 0 Å². The van der Waals surface area contributed by atoms with Crippen LogP contribution < -0.4 is 5.32 Å². The van der Waals surface area contributed by atoms with Gasteiger partial charge in [0.05, 0.1) is 24.3 Å². The molecule has 0 bridgehead atoms. The number of amides is 3. The minimum absolute atomic E-state index is 0.279. The van der Waals surface area contributed by atoms with E-state index in [1.165, 1.54) is 0 Å². The summed E-state index contributed by atoms with van der Waals surface area (Å²) in [7, 11) is 0. The van der Waals surface area contributed by atoms with Crippen LogP contribution in [0.1, 0.15) is 31.2 Å². The zero-order valence-corrected chi connectivity index (χ0v) is 15.3. The van der Waals surface area contributed by atoms with Crippen molar-refractivity contribution in [3.8, 4) is 6.07 Å². The first-order valence-electron chi connectivity index (χ1n) is 9.26. The van der Waals surface area contributed by atoms with Crippen molar-refractivity contribution < 1.29 is 23.9 Å². The molecule has 1 aromatic rings. The van der Waals surface area contributed by atoms with Gasteiger partial charge in [-0.05, 0) is 30.5 Å². The zero-order chi connectivity index (χ0) is 20.1. The molecule has 0 unspecified atom stereocenters. The van der Waals surface area contributed by atoms with Crippen LogP contribution in [-0.4, -0.2) is 41.7 Å². The Morgan fingerprint density at radius 3 is 2.29 bits per heavy atom. The Kier molecular flexibility index (Phi) is 6.04. The summed E-state index contributed by atoms with van der Waals surface area (Å²) >= 11 is 0. The third-order valence-corrected chi connectivity index (χ3v) is 5.10. The van der Waals surface area contributed by atoms with Gasteiger partial charge in [0.25, 0.3) is 5.91 Å². The Balaban J connectivity index is 1.46. The van der Waals surface area contributed by atoms with Gasteiger partial charge in [-0.3, -0.25) is 24.1 Å². The Hall–Kier alpha value is -3.21. The van der Waals surface area contributed by atoms with E-state index in [-0.39, 0.29) is 30.1 Å². The van der Waals surface area contributed by atoms with Gasteiger partial charge in [0.2, 0.25) is 11.8 Å². The first-order valence-corrected chi connectivity index (χ1v) is 9.26. The maximum Gasteiger partial charge on any atom is 0.326 e. The lowest BCUT2D eigenvalue weighted by atomic mass is 9.81. The third kappa shape index (κ3) is 4.36. The van der Waals surface area contributed by atoms with Crippen LogP contribution in [0.4, 0.5) is 5.69 Å². The van der Waals surface area contributed by atoms with Gasteiger partial charge in [-0.1, -0.05) is 25.0 Å². The van der Waals surface area contributed by atoms with Crippen molar-refractivity contribution in [1.29, 1.82) is 5.26 Å². The average Bonchev–Trinajstić information content (AvgIpc) is 2.93. The van der Waals surface area contributed by atoms with Gasteiger partial charge in [0.1, 0.15) is 6.54 Å². The van der Waals surface area contributed by atoms with Crippen molar-refractivity contribution in [2.24, 2.45) is 11.8 Å². The first kappa shape index (κ1) is 19.5. The number of nitrogens with zero attached hydrogens (tertiary/aromatic N) is 2. The van der Waals surface area contributed by atoms with Gasteiger partial charge < -0.3 is 10.1 Å². The van der Waals surface area contributed by atoms with Gasteiger partial charge >= 0.3 is 5.97 Å². The number of likely N-dealkylation sites (tertiary alicyclic amines) is 1. The Labute approximate surface area is 162 Å². The number of hydrogen-bond acceptors (Lipinski definition) is 6. The fraction of sp³-hybridized carbons (Fsp3) is 0.450. The van der Waals surface area contributed by atoms with Crippen LogP contribution in [-0.2, 0) is 30.3 Å². The number of fused-ring (bicyclic) bond motifs is 1. The summed E-state index contributed by atoms with van der Waals surface area (Å²) in [6.45, 7) is -0.970. The summed E-state index contributed by atoms with van der Waals surface area (Å²) in [5.74, 6) is -2.58. The molecule has 3 amide bonds. The number of hydrogen-bond donors (Lipinski definition) is 1. The summed E-state index contributed by atoms with van der Waals surface area (Å²) in [6, 6.07) is 8.76. The second kappa shape index (κ2) is 8.65. The molecular weight excluding hydrogens is 362 g/mol. The summed E-state index contributed by atoms with van der Waals surface area (Å²) in [6.07, 6.45) is 3.46. The van der Waals surface area contributed by atoms with Gasteiger partial charge in [0, 0.05) is 5.69 Å². The monoisotopic (exact) mass is 383 g/mol. The van der Waals surface area contributed by atoms with E-state index in [0.29, 0.717) is 18.5 Å². The SMILES string of the molecule is N#CCc1ccc(NC(=O)COC(=O)CN2C(=O)[C@@H]3CCCC[C@H]3C2=O)cc1. The molecule has 0 radical (unpaired) electrons. The number of nitriles is 1. The second-order valence-electron chi connectivity index (χ2n) is 7.00. The molecule has 1 N–H and O–H groups in total. The Morgan fingerprint density at radius 1 is 1.11 bits per heavy atom. The van der Waals surface area contributed by atoms with E-state index < -0.39 is 25.0 Å². The van der Waals surface area contributed by atoms with E-state index in [2.05, 4.69) is 5.32 Å². The molecule has 8 heteroatoms. The van der Waals surface area contributed by atoms with Crippen LogP contribution in [0.3, 0.4) is 0 Å². The highest BCUT2D eigenvalue weighted by atomic mass is 16.5. The number of anilines is 1. The number of esters is 1. The molecule has 2 atom stereocenters. The van der Waals surface area contributed by atoms with E-state index >= 15 is 0 Å². The van der Waals surface area contributed by atoms with Crippen molar-refractivity contribution in [3.05, 3.63) is 29.8 Å². The minimum atomic E-state index is -0.792. The number of nitrogens with one attached hydrogen (secondary N) is 1. The predicted octanol–water partition coefficient (Wildman–Crippen LogP) is 1.41.